The average Bonchev–Trinajstić information content (AvgIpc) is 2.95. The summed E-state index contributed by atoms with van der Waals surface area (Å²) < 4.78 is 5.15. The van der Waals surface area contributed by atoms with E-state index in [1.165, 1.54) is 42.6 Å². The van der Waals surface area contributed by atoms with Gasteiger partial charge >= 0.3 is 5.95 Å². The topological polar surface area (TPSA) is 122 Å². The lowest BCUT2D eigenvalue weighted by molar-refractivity contribution is -0.384. The quantitative estimate of drug-likeness (QED) is 0.430. The van der Waals surface area contributed by atoms with Crippen LogP contribution in [0.1, 0.15) is 5.69 Å². The fourth-order valence-corrected chi connectivity index (χ4v) is 1.93. The van der Waals surface area contributed by atoms with Gasteiger partial charge in [-0.2, -0.15) is 0 Å². The molecular formula is C16H11N3O5. The molecule has 0 unspecified atom stereocenters. The van der Waals surface area contributed by atoms with Crippen molar-refractivity contribution < 1.29 is 19.6 Å². The van der Waals surface area contributed by atoms with Gasteiger partial charge in [-0.15, -0.1) is 0 Å². The first kappa shape index (κ1) is 15.2. The highest BCUT2D eigenvalue weighted by Gasteiger charge is 2.13. The van der Waals surface area contributed by atoms with Gasteiger partial charge in [0, 0.05) is 17.7 Å². The van der Waals surface area contributed by atoms with E-state index in [1.807, 2.05) is 0 Å². The van der Waals surface area contributed by atoms with Crippen LogP contribution < -0.4 is 0 Å². The number of non-ortho nitro benzene ring substituents is 1. The molecule has 0 aliphatic heterocycles. The number of nitrogens with zero attached hydrogens (tertiary/aromatic N) is 3. The van der Waals surface area contributed by atoms with E-state index >= 15 is 0 Å². The lowest BCUT2D eigenvalue weighted by Crippen LogP contribution is -1.87. The maximum absolute atomic E-state index is 10.6. The van der Waals surface area contributed by atoms with Gasteiger partial charge in [0.25, 0.3) is 5.69 Å². The molecule has 8 heteroatoms. The van der Waals surface area contributed by atoms with Gasteiger partial charge < -0.3 is 14.6 Å². The molecule has 0 saturated heterocycles. The number of rotatable bonds is 4. The zero-order chi connectivity index (χ0) is 17.1. The Labute approximate surface area is 135 Å². The molecule has 120 valence electrons. The molecule has 8 nitrogen and oxygen atoms in total. The Balaban J connectivity index is 1.84. The lowest BCUT2D eigenvalue weighted by Gasteiger charge is -1.94. The minimum Gasteiger partial charge on any atom is -0.508 e. The molecule has 3 aromatic rings. The van der Waals surface area contributed by atoms with Crippen LogP contribution in [-0.4, -0.2) is 26.3 Å². The van der Waals surface area contributed by atoms with Crippen LogP contribution in [0.25, 0.3) is 11.5 Å². The van der Waals surface area contributed by atoms with Crippen molar-refractivity contribution in [3.63, 3.8) is 0 Å². The molecule has 0 aliphatic carbocycles. The molecule has 0 atom stereocenters. The molecule has 1 heterocycles. The molecule has 0 aliphatic rings. The van der Waals surface area contributed by atoms with Crippen LogP contribution in [0.3, 0.4) is 0 Å². The van der Waals surface area contributed by atoms with Crippen molar-refractivity contribution >= 4 is 17.6 Å². The number of aromatic nitrogens is 1. The van der Waals surface area contributed by atoms with Crippen molar-refractivity contribution in [2.75, 3.05) is 0 Å². The maximum Gasteiger partial charge on any atom is 0.312 e. The molecule has 2 aromatic carbocycles. The van der Waals surface area contributed by atoms with Crippen LogP contribution in [0.15, 0.2) is 57.9 Å². The van der Waals surface area contributed by atoms with Crippen LogP contribution in [0.5, 0.6) is 11.7 Å². The number of hydrogen-bond donors (Lipinski definition) is 2. The lowest BCUT2D eigenvalue weighted by atomic mass is 10.2. The fourth-order valence-electron chi connectivity index (χ4n) is 1.93. The van der Waals surface area contributed by atoms with Crippen LogP contribution >= 0.6 is 0 Å². The highest BCUT2D eigenvalue weighted by Crippen LogP contribution is 2.27. The van der Waals surface area contributed by atoms with Gasteiger partial charge in [0.15, 0.2) is 5.69 Å². The first-order valence-electron chi connectivity index (χ1n) is 6.80. The molecule has 0 fully saturated rings. The normalized spacial score (nSPS) is 11.0. The summed E-state index contributed by atoms with van der Waals surface area (Å²) in [6.45, 7) is 0. The SMILES string of the molecule is O=[N+]([O-])c1ccc(-c2nc(C=Nc3ccc(O)cc3)c(O)o2)cc1. The smallest absolute Gasteiger partial charge is 0.312 e. The third-order valence-corrected chi connectivity index (χ3v) is 3.15. The number of phenolic OH excluding ortho intramolecular Hbond substituents is 1. The van der Waals surface area contributed by atoms with E-state index in [9.17, 15) is 20.3 Å². The van der Waals surface area contributed by atoms with Crippen molar-refractivity contribution in [2.24, 2.45) is 4.99 Å². The van der Waals surface area contributed by atoms with Gasteiger partial charge in [0.1, 0.15) is 5.75 Å². The monoisotopic (exact) mass is 325 g/mol. The Morgan fingerprint density at radius 1 is 1.08 bits per heavy atom. The summed E-state index contributed by atoms with van der Waals surface area (Å²) in [6.07, 6.45) is 1.32. The molecule has 0 saturated carbocycles. The van der Waals surface area contributed by atoms with E-state index in [0.717, 1.165) is 0 Å². The summed E-state index contributed by atoms with van der Waals surface area (Å²) in [5, 5.41) is 29.6. The highest BCUT2D eigenvalue weighted by atomic mass is 16.6. The molecule has 0 spiro atoms. The second-order valence-electron chi connectivity index (χ2n) is 4.79. The molecular weight excluding hydrogens is 314 g/mol. The Kier molecular flexibility index (Phi) is 3.94. The van der Waals surface area contributed by atoms with Crippen molar-refractivity contribution in [1.29, 1.82) is 0 Å². The molecule has 0 amide bonds. The van der Waals surface area contributed by atoms with Gasteiger partial charge in [-0.05, 0) is 36.4 Å². The van der Waals surface area contributed by atoms with E-state index in [-0.39, 0.29) is 23.0 Å². The first-order chi connectivity index (χ1) is 11.5. The Morgan fingerprint density at radius 3 is 2.38 bits per heavy atom. The van der Waals surface area contributed by atoms with Crippen LogP contribution in [0.4, 0.5) is 11.4 Å². The van der Waals surface area contributed by atoms with Crippen molar-refractivity contribution in [1.82, 2.24) is 4.98 Å². The van der Waals surface area contributed by atoms with Gasteiger partial charge in [-0.1, -0.05) is 0 Å². The second-order valence-corrected chi connectivity index (χ2v) is 4.79. The number of oxazole rings is 1. The van der Waals surface area contributed by atoms with Gasteiger partial charge in [0.2, 0.25) is 5.89 Å². The standard InChI is InChI=1S/C16H11N3O5/c20-13-7-3-11(4-8-13)17-9-14-16(21)24-15(18-14)10-1-5-12(6-2-10)19(22)23/h1-9,20-21H. The molecule has 0 radical (unpaired) electrons. The zero-order valence-corrected chi connectivity index (χ0v) is 12.2. The second kappa shape index (κ2) is 6.21. The number of aliphatic imine (C=N–C) groups is 1. The van der Waals surface area contributed by atoms with Crippen molar-refractivity contribution in [3.8, 4) is 23.1 Å². The number of benzene rings is 2. The summed E-state index contributed by atoms with van der Waals surface area (Å²) in [6, 6.07) is 11.8. The van der Waals surface area contributed by atoms with Crippen LogP contribution in [0, 0.1) is 10.1 Å². The molecule has 2 N–H and O–H groups in total. The van der Waals surface area contributed by atoms with Crippen molar-refractivity contribution in [2.45, 2.75) is 0 Å². The molecule has 0 bridgehead atoms. The number of hydrogen-bond acceptors (Lipinski definition) is 7. The van der Waals surface area contributed by atoms with E-state index in [0.29, 0.717) is 11.3 Å². The Hall–Kier alpha value is -3.68. The maximum atomic E-state index is 10.6. The predicted molar refractivity (Wildman–Crippen MR) is 85.6 cm³/mol. The van der Waals surface area contributed by atoms with E-state index in [2.05, 4.69) is 9.98 Å². The minimum absolute atomic E-state index is 0.0522. The Bertz CT molecular complexity index is 898. The van der Waals surface area contributed by atoms with Gasteiger partial charge in [0.05, 0.1) is 16.8 Å². The van der Waals surface area contributed by atoms with E-state index in [1.54, 1.807) is 12.1 Å². The van der Waals surface area contributed by atoms with Gasteiger partial charge in [-0.3, -0.25) is 15.1 Å². The van der Waals surface area contributed by atoms with Crippen LogP contribution in [0.2, 0.25) is 0 Å². The number of aromatic hydroxyl groups is 2. The molecule has 1 aromatic heterocycles. The largest absolute Gasteiger partial charge is 0.508 e. The number of nitro benzene ring substituents is 1. The first-order valence-corrected chi connectivity index (χ1v) is 6.80. The fraction of sp³-hybridized carbons (Fsp3) is 0. The van der Waals surface area contributed by atoms with E-state index in [4.69, 9.17) is 4.42 Å². The summed E-state index contributed by atoms with van der Waals surface area (Å²) in [5.41, 5.74) is 1.12. The van der Waals surface area contributed by atoms with E-state index < -0.39 is 10.9 Å². The third kappa shape index (κ3) is 3.22. The minimum atomic E-state index is -0.507. The molecule has 24 heavy (non-hydrogen) atoms. The van der Waals surface area contributed by atoms with Gasteiger partial charge in [-0.25, -0.2) is 4.98 Å². The summed E-state index contributed by atoms with van der Waals surface area (Å²) in [4.78, 5) is 18.4. The predicted octanol–water partition coefficient (Wildman–Crippen LogP) is 3.41. The summed E-state index contributed by atoms with van der Waals surface area (Å²) >= 11 is 0. The molecule has 3 rings (SSSR count). The number of phenols is 1. The van der Waals surface area contributed by atoms with Crippen molar-refractivity contribution in [3.05, 3.63) is 64.3 Å². The van der Waals surface area contributed by atoms with Crippen LogP contribution in [-0.2, 0) is 0 Å². The zero-order valence-electron chi connectivity index (χ0n) is 12.2. The number of nitro groups is 1. The third-order valence-electron chi connectivity index (χ3n) is 3.15. The highest BCUT2D eigenvalue weighted by molar-refractivity contribution is 5.83. The average molecular weight is 325 g/mol. The summed E-state index contributed by atoms with van der Waals surface area (Å²) in [7, 11) is 0. The Morgan fingerprint density at radius 2 is 1.75 bits per heavy atom. The summed E-state index contributed by atoms with van der Waals surface area (Å²) in [5.74, 6) is -0.167.